The number of thiazole rings is 1. The zero-order chi connectivity index (χ0) is 13.1. The molecule has 2 nitrogen and oxygen atoms in total. The largest absolute Gasteiger partial charge is 0.486 e. The van der Waals surface area contributed by atoms with Crippen LogP contribution in [-0.2, 0) is 12.5 Å². The molecule has 0 N–H and O–H groups in total. The minimum atomic E-state index is 0.458. The number of hydrogen-bond donors (Lipinski definition) is 0. The molecule has 0 atom stereocenters. The van der Waals surface area contributed by atoms with Crippen LogP contribution in [0.25, 0.3) is 0 Å². The van der Waals surface area contributed by atoms with Gasteiger partial charge in [0.2, 0.25) is 0 Å². The molecule has 0 unspecified atom stereocenters. The van der Waals surface area contributed by atoms with E-state index in [2.05, 4.69) is 37.9 Å². The van der Waals surface area contributed by atoms with E-state index in [-0.39, 0.29) is 0 Å². The molecule has 0 aliphatic rings. The number of benzene rings is 1. The van der Waals surface area contributed by atoms with Gasteiger partial charge in [0.1, 0.15) is 17.4 Å². The first-order valence-corrected chi connectivity index (χ1v) is 7.21. The number of nitrogens with zero attached hydrogens (tertiary/aromatic N) is 1. The molecule has 1 heterocycles. The molecule has 0 saturated carbocycles. The molecule has 18 heavy (non-hydrogen) atoms. The van der Waals surface area contributed by atoms with Crippen molar-refractivity contribution < 1.29 is 4.74 Å². The van der Waals surface area contributed by atoms with Gasteiger partial charge in [-0.3, -0.25) is 0 Å². The van der Waals surface area contributed by atoms with E-state index in [0.717, 1.165) is 22.0 Å². The van der Waals surface area contributed by atoms with E-state index in [1.165, 1.54) is 11.1 Å². The lowest BCUT2D eigenvalue weighted by Crippen LogP contribution is -1.98. The van der Waals surface area contributed by atoms with Gasteiger partial charge in [-0.2, -0.15) is 0 Å². The van der Waals surface area contributed by atoms with Crippen LogP contribution in [0.2, 0.25) is 0 Å². The van der Waals surface area contributed by atoms with E-state index in [0.29, 0.717) is 12.5 Å². The number of aryl methyl sites for hydroxylation is 3. The number of hydrogen-bond acceptors (Lipinski definition) is 3. The first kappa shape index (κ1) is 13.4. The maximum Gasteiger partial charge on any atom is 0.140 e. The quantitative estimate of drug-likeness (QED) is 0.776. The first-order valence-electron chi connectivity index (χ1n) is 5.80. The Morgan fingerprint density at radius 3 is 2.56 bits per heavy atom. The lowest BCUT2D eigenvalue weighted by molar-refractivity contribution is 0.303. The Kier molecular flexibility index (Phi) is 4.25. The third-order valence-corrected chi connectivity index (χ3v) is 4.02. The highest BCUT2D eigenvalue weighted by Gasteiger charge is 2.06. The molecule has 0 saturated heterocycles. The van der Waals surface area contributed by atoms with Crippen molar-refractivity contribution in [2.75, 3.05) is 0 Å². The van der Waals surface area contributed by atoms with E-state index >= 15 is 0 Å². The van der Waals surface area contributed by atoms with Crippen LogP contribution in [-0.4, -0.2) is 4.98 Å². The van der Waals surface area contributed by atoms with E-state index in [9.17, 15) is 0 Å². The average Bonchev–Trinajstić information content (AvgIpc) is 2.80. The third-order valence-electron chi connectivity index (χ3n) is 2.88. The van der Waals surface area contributed by atoms with Crippen LogP contribution >= 0.6 is 22.9 Å². The highest BCUT2D eigenvalue weighted by atomic mass is 35.5. The summed E-state index contributed by atoms with van der Waals surface area (Å²) >= 11 is 7.31. The third kappa shape index (κ3) is 3.03. The Balaban J connectivity index is 2.08. The number of alkyl halides is 1. The molecule has 2 aromatic rings. The first-order chi connectivity index (χ1) is 8.60. The summed E-state index contributed by atoms with van der Waals surface area (Å²) in [5.41, 5.74) is 4.61. The predicted octanol–water partition coefficient (Wildman–Crippen LogP) is 4.39. The minimum Gasteiger partial charge on any atom is -0.486 e. The van der Waals surface area contributed by atoms with E-state index in [1.54, 1.807) is 11.3 Å². The van der Waals surface area contributed by atoms with E-state index in [1.807, 2.05) is 5.38 Å². The topological polar surface area (TPSA) is 22.1 Å². The molecule has 0 aliphatic heterocycles. The Bertz CT molecular complexity index is 551. The predicted molar refractivity (Wildman–Crippen MR) is 76.7 cm³/mol. The van der Waals surface area contributed by atoms with Crippen molar-refractivity contribution in [3.05, 3.63) is 44.9 Å². The minimum absolute atomic E-state index is 0.458. The maximum atomic E-state index is 5.82. The van der Waals surface area contributed by atoms with Gasteiger partial charge >= 0.3 is 0 Å². The lowest BCUT2D eigenvalue weighted by Gasteiger charge is -2.10. The second-order valence-electron chi connectivity index (χ2n) is 4.36. The van der Waals surface area contributed by atoms with Crippen LogP contribution in [0, 0.1) is 20.8 Å². The standard InChI is InChI=1S/C14H16ClNOS/c1-9-4-11(3)13(5-10(9)2)17-7-14-16-12(6-15)8-18-14/h4-5,8H,6-7H2,1-3H3. The second kappa shape index (κ2) is 5.72. The molecule has 0 fully saturated rings. The van der Waals surface area contributed by atoms with Gasteiger partial charge in [-0.25, -0.2) is 4.98 Å². The summed E-state index contributed by atoms with van der Waals surface area (Å²) in [5.74, 6) is 1.39. The summed E-state index contributed by atoms with van der Waals surface area (Å²) in [7, 11) is 0. The van der Waals surface area contributed by atoms with Crippen LogP contribution in [0.3, 0.4) is 0 Å². The van der Waals surface area contributed by atoms with Crippen molar-refractivity contribution in [2.24, 2.45) is 0 Å². The average molecular weight is 282 g/mol. The van der Waals surface area contributed by atoms with Crippen molar-refractivity contribution in [3.63, 3.8) is 0 Å². The summed E-state index contributed by atoms with van der Waals surface area (Å²) in [5, 5.41) is 2.93. The molecule has 2 rings (SSSR count). The summed E-state index contributed by atoms with van der Waals surface area (Å²) in [6, 6.07) is 4.23. The van der Waals surface area contributed by atoms with E-state index in [4.69, 9.17) is 16.3 Å². The molecular formula is C14H16ClNOS. The molecule has 0 spiro atoms. The normalized spacial score (nSPS) is 10.7. The van der Waals surface area contributed by atoms with Crippen LogP contribution in [0.4, 0.5) is 0 Å². The van der Waals surface area contributed by atoms with Crippen molar-refractivity contribution in [1.29, 1.82) is 0 Å². The molecule has 0 amide bonds. The SMILES string of the molecule is Cc1cc(C)c(OCc2nc(CCl)cs2)cc1C. The smallest absolute Gasteiger partial charge is 0.140 e. The number of rotatable bonds is 4. The molecule has 0 radical (unpaired) electrons. The fraction of sp³-hybridized carbons (Fsp3) is 0.357. The number of aromatic nitrogens is 1. The van der Waals surface area contributed by atoms with Crippen molar-refractivity contribution >= 4 is 22.9 Å². The lowest BCUT2D eigenvalue weighted by atomic mass is 10.1. The van der Waals surface area contributed by atoms with Gasteiger partial charge in [0.05, 0.1) is 11.6 Å². The van der Waals surface area contributed by atoms with Gasteiger partial charge in [0, 0.05) is 5.38 Å². The van der Waals surface area contributed by atoms with E-state index < -0.39 is 0 Å². The fourth-order valence-corrected chi connectivity index (χ4v) is 2.64. The fourth-order valence-electron chi connectivity index (χ4n) is 1.71. The molecule has 1 aromatic heterocycles. The maximum absolute atomic E-state index is 5.82. The molecule has 4 heteroatoms. The summed E-state index contributed by atoms with van der Waals surface area (Å²) in [6.07, 6.45) is 0. The van der Waals surface area contributed by atoms with Gasteiger partial charge < -0.3 is 4.74 Å². The number of ether oxygens (including phenoxy) is 1. The highest BCUT2D eigenvalue weighted by molar-refractivity contribution is 7.09. The Morgan fingerprint density at radius 1 is 1.17 bits per heavy atom. The van der Waals surface area contributed by atoms with Gasteiger partial charge in [-0.1, -0.05) is 6.07 Å². The Morgan fingerprint density at radius 2 is 1.89 bits per heavy atom. The molecule has 1 aromatic carbocycles. The van der Waals surface area contributed by atoms with Crippen LogP contribution < -0.4 is 4.74 Å². The van der Waals surface area contributed by atoms with Crippen molar-refractivity contribution in [2.45, 2.75) is 33.3 Å². The Labute approximate surface area is 117 Å². The number of halogens is 1. The van der Waals surface area contributed by atoms with Crippen LogP contribution in [0.15, 0.2) is 17.5 Å². The summed E-state index contributed by atoms with van der Waals surface area (Å²) in [4.78, 5) is 4.38. The Hall–Kier alpha value is -1.06. The summed E-state index contributed by atoms with van der Waals surface area (Å²) in [6.45, 7) is 6.77. The molecular weight excluding hydrogens is 266 g/mol. The van der Waals surface area contributed by atoms with Crippen molar-refractivity contribution in [1.82, 2.24) is 4.98 Å². The van der Waals surface area contributed by atoms with Gasteiger partial charge in [-0.05, 0) is 43.5 Å². The summed E-state index contributed by atoms with van der Waals surface area (Å²) < 4.78 is 5.82. The van der Waals surface area contributed by atoms with Crippen LogP contribution in [0.1, 0.15) is 27.4 Å². The molecule has 0 bridgehead atoms. The van der Waals surface area contributed by atoms with Crippen LogP contribution in [0.5, 0.6) is 5.75 Å². The zero-order valence-corrected chi connectivity index (χ0v) is 12.4. The molecule has 96 valence electrons. The monoisotopic (exact) mass is 281 g/mol. The molecule has 0 aliphatic carbocycles. The van der Waals surface area contributed by atoms with Gasteiger partial charge in [0.15, 0.2) is 0 Å². The van der Waals surface area contributed by atoms with Crippen molar-refractivity contribution in [3.8, 4) is 5.75 Å². The van der Waals surface area contributed by atoms with Gasteiger partial charge in [-0.15, -0.1) is 22.9 Å². The second-order valence-corrected chi connectivity index (χ2v) is 5.57. The zero-order valence-electron chi connectivity index (χ0n) is 10.8. The highest BCUT2D eigenvalue weighted by Crippen LogP contribution is 2.24. The van der Waals surface area contributed by atoms with Gasteiger partial charge in [0.25, 0.3) is 0 Å².